The van der Waals surface area contributed by atoms with Gasteiger partial charge in [-0.2, -0.15) is 0 Å². The SMILES string of the molecule is COc1cccc(-c2nc(C(=O)Nc3nc(-c4cc(F)ccc4F)cs3)cs2)c1OC. The maximum Gasteiger partial charge on any atom is 0.276 e. The van der Waals surface area contributed by atoms with Gasteiger partial charge in [0.05, 0.1) is 25.5 Å². The summed E-state index contributed by atoms with van der Waals surface area (Å²) in [6.45, 7) is 0. The van der Waals surface area contributed by atoms with Crippen molar-refractivity contribution in [3.63, 3.8) is 0 Å². The molecule has 158 valence electrons. The molecular weight excluding hydrogens is 444 g/mol. The fourth-order valence-electron chi connectivity index (χ4n) is 2.87. The smallest absolute Gasteiger partial charge is 0.276 e. The van der Waals surface area contributed by atoms with E-state index in [2.05, 4.69) is 15.3 Å². The number of hydrogen-bond donors (Lipinski definition) is 1. The zero-order valence-corrected chi connectivity index (χ0v) is 17.9. The van der Waals surface area contributed by atoms with Crippen molar-refractivity contribution in [3.05, 3.63) is 64.5 Å². The van der Waals surface area contributed by atoms with Crippen LogP contribution in [-0.4, -0.2) is 30.1 Å². The third kappa shape index (κ3) is 4.25. The molecule has 4 aromatic rings. The van der Waals surface area contributed by atoms with E-state index in [0.717, 1.165) is 29.5 Å². The Hall–Kier alpha value is -3.37. The van der Waals surface area contributed by atoms with Crippen LogP contribution in [0, 0.1) is 11.6 Å². The summed E-state index contributed by atoms with van der Waals surface area (Å²) < 4.78 is 38.1. The third-order valence-corrected chi connectivity index (χ3v) is 5.93. The monoisotopic (exact) mass is 459 g/mol. The van der Waals surface area contributed by atoms with Crippen LogP contribution < -0.4 is 14.8 Å². The number of benzene rings is 2. The number of carbonyl (C=O) groups is 1. The maximum absolute atomic E-state index is 14.0. The largest absolute Gasteiger partial charge is 0.493 e. The highest BCUT2D eigenvalue weighted by molar-refractivity contribution is 7.14. The molecule has 0 aliphatic rings. The highest BCUT2D eigenvalue weighted by atomic mass is 32.1. The van der Waals surface area contributed by atoms with Crippen LogP contribution in [0.2, 0.25) is 0 Å². The molecule has 1 amide bonds. The quantitative estimate of drug-likeness (QED) is 0.413. The Kier molecular flexibility index (Phi) is 5.92. The summed E-state index contributed by atoms with van der Waals surface area (Å²) in [7, 11) is 3.07. The summed E-state index contributed by atoms with van der Waals surface area (Å²) in [6.07, 6.45) is 0. The summed E-state index contributed by atoms with van der Waals surface area (Å²) in [5, 5.41) is 6.63. The average Bonchev–Trinajstić information content (AvgIpc) is 3.44. The van der Waals surface area contributed by atoms with Crippen molar-refractivity contribution < 1.29 is 23.0 Å². The lowest BCUT2D eigenvalue weighted by molar-refractivity contribution is 0.102. The first kappa shape index (κ1) is 20.9. The molecule has 0 aliphatic carbocycles. The first-order valence-electron chi connectivity index (χ1n) is 8.89. The molecule has 0 radical (unpaired) electrons. The fourth-order valence-corrected chi connectivity index (χ4v) is 4.39. The Bertz CT molecular complexity index is 1260. The number of rotatable bonds is 6. The lowest BCUT2D eigenvalue weighted by atomic mass is 10.1. The summed E-state index contributed by atoms with van der Waals surface area (Å²) in [4.78, 5) is 21.2. The number of carbonyl (C=O) groups excluding carboxylic acids is 1. The number of thiazole rings is 2. The number of halogens is 2. The van der Waals surface area contributed by atoms with E-state index in [9.17, 15) is 13.6 Å². The highest BCUT2D eigenvalue weighted by Crippen LogP contribution is 2.39. The molecule has 0 aliphatic heterocycles. The number of anilines is 1. The van der Waals surface area contributed by atoms with Crippen LogP contribution in [-0.2, 0) is 0 Å². The second kappa shape index (κ2) is 8.78. The molecular formula is C21H15F2N3O3S2. The van der Waals surface area contributed by atoms with E-state index in [0.29, 0.717) is 22.1 Å². The van der Waals surface area contributed by atoms with Crippen molar-refractivity contribution in [2.45, 2.75) is 0 Å². The van der Waals surface area contributed by atoms with Crippen molar-refractivity contribution in [2.75, 3.05) is 19.5 Å². The lowest BCUT2D eigenvalue weighted by Gasteiger charge is -2.10. The number of para-hydroxylation sites is 1. The van der Waals surface area contributed by atoms with E-state index >= 15 is 0 Å². The molecule has 6 nitrogen and oxygen atoms in total. The maximum atomic E-state index is 14.0. The van der Waals surface area contributed by atoms with Crippen LogP contribution in [0.25, 0.3) is 21.8 Å². The Balaban J connectivity index is 1.55. The molecule has 2 heterocycles. The predicted molar refractivity (Wildman–Crippen MR) is 116 cm³/mol. The van der Waals surface area contributed by atoms with Gasteiger partial charge in [0.25, 0.3) is 5.91 Å². The van der Waals surface area contributed by atoms with Gasteiger partial charge in [-0.15, -0.1) is 22.7 Å². The van der Waals surface area contributed by atoms with Crippen LogP contribution in [0.3, 0.4) is 0 Å². The molecule has 0 atom stereocenters. The number of nitrogens with one attached hydrogen (secondary N) is 1. The molecule has 2 aromatic heterocycles. The minimum atomic E-state index is -0.596. The number of methoxy groups -OCH3 is 2. The summed E-state index contributed by atoms with van der Waals surface area (Å²) in [5.74, 6) is -0.557. The van der Waals surface area contributed by atoms with E-state index in [4.69, 9.17) is 9.47 Å². The number of nitrogens with zero attached hydrogens (tertiary/aromatic N) is 2. The molecule has 0 fully saturated rings. The average molecular weight is 459 g/mol. The van der Waals surface area contributed by atoms with Crippen LogP contribution in [0.5, 0.6) is 11.5 Å². The van der Waals surface area contributed by atoms with Gasteiger partial charge < -0.3 is 9.47 Å². The molecule has 0 bridgehead atoms. The van der Waals surface area contributed by atoms with Gasteiger partial charge in [-0.05, 0) is 30.3 Å². The molecule has 31 heavy (non-hydrogen) atoms. The van der Waals surface area contributed by atoms with Crippen LogP contribution >= 0.6 is 22.7 Å². The second-order valence-electron chi connectivity index (χ2n) is 6.20. The van der Waals surface area contributed by atoms with Crippen LogP contribution in [0.4, 0.5) is 13.9 Å². The first-order chi connectivity index (χ1) is 15.0. The lowest BCUT2D eigenvalue weighted by Crippen LogP contribution is -2.12. The zero-order valence-electron chi connectivity index (χ0n) is 16.3. The van der Waals surface area contributed by atoms with E-state index in [1.165, 1.54) is 18.4 Å². The molecule has 0 spiro atoms. The van der Waals surface area contributed by atoms with Gasteiger partial charge in [-0.1, -0.05) is 6.07 Å². The minimum Gasteiger partial charge on any atom is -0.493 e. The van der Waals surface area contributed by atoms with Crippen molar-refractivity contribution in [1.82, 2.24) is 9.97 Å². The standard InChI is InChI=1S/C21H15F2N3O3S2/c1-28-17-5-3-4-12(18(17)29-2)20-24-16(10-30-20)19(27)26-21-25-15(9-31-21)13-8-11(22)6-7-14(13)23/h3-10H,1-2H3,(H,25,26,27). The van der Waals surface area contributed by atoms with Gasteiger partial charge in [0, 0.05) is 16.3 Å². The Morgan fingerprint density at radius 1 is 1.00 bits per heavy atom. The van der Waals surface area contributed by atoms with Gasteiger partial charge in [0.1, 0.15) is 22.3 Å². The van der Waals surface area contributed by atoms with Crippen molar-refractivity contribution in [1.29, 1.82) is 0 Å². The Labute approximate surface area is 184 Å². The molecule has 10 heteroatoms. The van der Waals surface area contributed by atoms with Gasteiger partial charge in [-0.3, -0.25) is 10.1 Å². The van der Waals surface area contributed by atoms with Gasteiger partial charge in [-0.25, -0.2) is 18.7 Å². The molecule has 0 saturated heterocycles. The van der Waals surface area contributed by atoms with E-state index < -0.39 is 17.5 Å². The normalized spacial score (nSPS) is 10.7. The van der Waals surface area contributed by atoms with E-state index in [-0.39, 0.29) is 22.1 Å². The summed E-state index contributed by atoms with van der Waals surface area (Å²) >= 11 is 2.38. The second-order valence-corrected chi connectivity index (χ2v) is 7.91. The van der Waals surface area contributed by atoms with Crippen molar-refractivity contribution in [3.8, 4) is 33.3 Å². The molecule has 1 N–H and O–H groups in total. The predicted octanol–water partition coefficient (Wildman–Crippen LogP) is 5.48. The van der Waals surface area contributed by atoms with Crippen LogP contribution in [0.1, 0.15) is 10.5 Å². The Morgan fingerprint density at radius 2 is 1.84 bits per heavy atom. The van der Waals surface area contributed by atoms with E-state index in [1.54, 1.807) is 30.0 Å². The zero-order chi connectivity index (χ0) is 22.0. The first-order valence-corrected chi connectivity index (χ1v) is 10.6. The summed E-state index contributed by atoms with van der Waals surface area (Å²) in [5.41, 5.74) is 1.15. The molecule has 0 unspecified atom stereocenters. The highest BCUT2D eigenvalue weighted by Gasteiger charge is 2.18. The van der Waals surface area contributed by atoms with E-state index in [1.807, 2.05) is 6.07 Å². The van der Waals surface area contributed by atoms with Crippen LogP contribution in [0.15, 0.2) is 47.2 Å². The third-order valence-electron chi connectivity index (χ3n) is 4.30. The topological polar surface area (TPSA) is 73.3 Å². The van der Waals surface area contributed by atoms with Gasteiger partial charge in [0.15, 0.2) is 16.6 Å². The van der Waals surface area contributed by atoms with Crippen molar-refractivity contribution >= 4 is 33.7 Å². The minimum absolute atomic E-state index is 0.0258. The van der Waals surface area contributed by atoms with Gasteiger partial charge >= 0.3 is 0 Å². The number of ether oxygens (including phenoxy) is 2. The molecule has 4 rings (SSSR count). The fraction of sp³-hybridized carbons (Fsp3) is 0.0952. The Morgan fingerprint density at radius 3 is 2.61 bits per heavy atom. The molecule has 0 saturated carbocycles. The summed E-state index contributed by atoms with van der Waals surface area (Å²) in [6, 6.07) is 8.52. The number of aromatic nitrogens is 2. The van der Waals surface area contributed by atoms with Gasteiger partial charge in [0.2, 0.25) is 0 Å². The number of hydrogen-bond acceptors (Lipinski definition) is 7. The number of amides is 1. The van der Waals surface area contributed by atoms with Crippen molar-refractivity contribution in [2.24, 2.45) is 0 Å². The molecule has 2 aromatic carbocycles.